The van der Waals surface area contributed by atoms with Crippen molar-refractivity contribution in [2.75, 3.05) is 11.9 Å². The van der Waals surface area contributed by atoms with Crippen LogP contribution in [0.3, 0.4) is 0 Å². The lowest BCUT2D eigenvalue weighted by Crippen LogP contribution is -2.32. The van der Waals surface area contributed by atoms with Gasteiger partial charge in [-0.05, 0) is 73.6 Å². The summed E-state index contributed by atoms with van der Waals surface area (Å²) in [5, 5.41) is 5.92. The van der Waals surface area contributed by atoms with Gasteiger partial charge in [-0.1, -0.05) is 0 Å². The van der Waals surface area contributed by atoms with Crippen molar-refractivity contribution in [3.8, 4) is 11.3 Å². The molecule has 0 radical (unpaired) electrons. The Morgan fingerprint density at radius 3 is 2.42 bits per heavy atom. The van der Waals surface area contributed by atoms with E-state index in [1.807, 2.05) is 27.7 Å². The van der Waals surface area contributed by atoms with Crippen molar-refractivity contribution in [1.82, 2.24) is 20.3 Å². The first-order valence-corrected chi connectivity index (χ1v) is 11.8. The Morgan fingerprint density at radius 2 is 1.81 bits per heavy atom. The molecule has 3 N–H and O–H groups in total. The van der Waals surface area contributed by atoms with E-state index in [9.17, 15) is 9.59 Å². The summed E-state index contributed by atoms with van der Waals surface area (Å²) < 4.78 is 25.7. The molecular weight excluding hydrogens is 465 g/mol. The van der Waals surface area contributed by atoms with Gasteiger partial charge < -0.3 is 25.1 Å². The molecule has 10 heteroatoms. The molecule has 3 rings (SSSR count). The Bertz CT molecular complexity index is 1290. The van der Waals surface area contributed by atoms with Crippen molar-refractivity contribution in [2.24, 2.45) is 0 Å². The van der Waals surface area contributed by atoms with Crippen LogP contribution in [0.1, 0.15) is 70.2 Å². The van der Waals surface area contributed by atoms with Gasteiger partial charge in [-0.25, -0.2) is 23.9 Å². The average Bonchev–Trinajstić information content (AvgIpc) is 3.15. The van der Waals surface area contributed by atoms with E-state index in [1.165, 1.54) is 12.1 Å². The molecule has 1 aromatic carbocycles. The van der Waals surface area contributed by atoms with Gasteiger partial charge in [-0.3, -0.25) is 0 Å². The lowest BCUT2D eigenvalue weighted by atomic mass is 10.1. The number of H-pyrrole nitrogens is 1. The number of rotatable bonds is 6. The van der Waals surface area contributed by atoms with Gasteiger partial charge in [0.1, 0.15) is 22.8 Å². The molecular formula is C26H34FN5O4. The van der Waals surface area contributed by atoms with Gasteiger partial charge >= 0.3 is 12.1 Å². The summed E-state index contributed by atoms with van der Waals surface area (Å²) in [4.78, 5) is 37.2. The molecule has 9 nitrogen and oxygen atoms in total. The van der Waals surface area contributed by atoms with E-state index in [4.69, 9.17) is 14.5 Å². The molecule has 0 aliphatic heterocycles. The molecule has 3 aromatic rings. The number of anilines is 1. The number of carbonyl (C=O) groups excluding carboxylic acids is 2. The molecule has 0 aliphatic carbocycles. The van der Waals surface area contributed by atoms with E-state index >= 15 is 4.39 Å². The number of halogens is 1. The molecule has 2 aromatic heterocycles. The lowest BCUT2D eigenvalue weighted by molar-refractivity contribution is 0.0502. The minimum absolute atomic E-state index is 0.0585. The largest absolute Gasteiger partial charge is 0.462 e. The smallest absolute Gasteiger partial charge is 0.407 e. The normalized spacial score (nSPS) is 11.9. The van der Waals surface area contributed by atoms with E-state index in [0.717, 1.165) is 0 Å². The number of esters is 1. The molecule has 0 bridgehead atoms. The number of amides is 1. The molecule has 0 spiro atoms. The van der Waals surface area contributed by atoms with Crippen LogP contribution in [-0.4, -0.2) is 44.8 Å². The van der Waals surface area contributed by atoms with Crippen molar-refractivity contribution in [3.63, 3.8) is 0 Å². The average molecular weight is 500 g/mol. The number of aromatic amines is 1. The third-order valence-electron chi connectivity index (χ3n) is 4.93. The van der Waals surface area contributed by atoms with Crippen LogP contribution in [-0.2, 0) is 16.0 Å². The fraction of sp³-hybridized carbons (Fsp3) is 0.462. The summed E-state index contributed by atoms with van der Waals surface area (Å²) in [6.45, 7) is 14.8. The second-order valence-corrected chi connectivity index (χ2v) is 10.5. The van der Waals surface area contributed by atoms with Gasteiger partial charge in [0.25, 0.3) is 0 Å². The van der Waals surface area contributed by atoms with E-state index in [2.05, 4.69) is 20.6 Å². The topological polar surface area (TPSA) is 118 Å². The van der Waals surface area contributed by atoms with Crippen molar-refractivity contribution >= 4 is 28.9 Å². The number of fused-ring (bicyclic) bond motifs is 1. The highest BCUT2D eigenvalue weighted by Crippen LogP contribution is 2.32. The molecule has 194 valence electrons. The van der Waals surface area contributed by atoms with Crippen LogP contribution in [0.2, 0.25) is 0 Å². The monoisotopic (exact) mass is 499 g/mol. The van der Waals surface area contributed by atoms with E-state index in [-0.39, 0.29) is 29.8 Å². The Hall–Kier alpha value is -3.69. The maximum atomic E-state index is 15.3. The zero-order valence-corrected chi connectivity index (χ0v) is 22.1. The molecule has 0 unspecified atom stereocenters. The highest BCUT2D eigenvalue weighted by Gasteiger charge is 2.24. The molecule has 2 heterocycles. The number of nitrogens with zero attached hydrogens (tertiary/aromatic N) is 2. The van der Waals surface area contributed by atoms with Crippen LogP contribution in [0.15, 0.2) is 18.2 Å². The Labute approximate surface area is 210 Å². The fourth-order valence-electron chi connectivity index (χ4n) is 3.55. The van der Waals surface area contributed by atoms with Gasteiger partial charge in [0.2, 0.25) is 0 Å². The van der Waals surface area contributed by atoms with Gasteiger partial charge in [-0.15, -0.1) is 0 Å². The maximum Gasteiger partial charge on any atom is 0.407 e. The number of nitrogens with one attached hydrogen (secondary N) is 3. The summed E-state index contributed by atoms with van der Waals surface area (Å²) in [5.41, 5.74) is 1.52. The molecule has 0 atom stereocenters. The second kappa shape index (κ2) is 10.1. The second-order valence-electron chi connectivity index (χ2n) is 10.5. The first-order chi connectivity index (χ1) is 16.7. The summed E-state index contributed by atoms with van der Waals surface area (Å²) in [6, 6.07) is 4.38. The lowest BCUT2D eigenvalue weighted by Gasteiger charge is -2.22. The molecule has 1 amide bonds. The maximum absolute atomic E-state index is 15.3. The van der Waals surface area contributed by atoms with Gasteiger partial charge in [0.15, 0.2) is 0 Å². The highest BCUT2D eigenvalue weighted by molar-refractivity contribution is 5.96. The van der Waals surface area contributed by atoms with E-state index < -0.39 is 23.5 Å². The number of carbonyl (C=O) groups is 2. The van der Waals surface area contributed by atoms with Crippen LogP contribution < -0.4 is 10.6 Å². The summed E-state index contributed by atoms with van der Waals surface area (Å²) in [5.74, 6) is -0.602. The Kier molecular flexibility index (Phi) is 7.56. The zero-order valence-electron chi connectivity index (χ0n) is 22.1. The quantitative estimate of drug-likeness (QED) is 0.384. The number of aryl methyl sites for hydroxylation is 1. The molecule has 0 fully saturated rings. The van der Waals surface area contributed by atoms with Gasteiger partial charge in [0, 0.05) is 11.2 Å². The van der Waals surface area contributed by atoms with Crippen LogP contribution >= 0.6 is 0 Å². The standard InChI is InChI=1S/C26H34FN5O4/c1-9-35-23(33)15-12-18(30-19(15)13-28-24(34)36-26(6,7)8)20-16(27)10-11-17-21(20)31-22(14(2)29-17)32-25(3,4)5/h10-12,30H,9,13H2,1-8H3,(H,28,34)(H,31,32). The Balaban J connectivity index is 2.10. The van der Waals surface area contributed by atoms with E-state index in [0.29, 0.717) is 33.9 Å². The first-order valence-electron chi connectivity index (χ1n) is 11.8. The van der Waals surface area contributed by atoms with Crippen molar-refractivity contribution in [3.05, 3.63) is 41.0 Å². The van der Waals surface area contributed by atoms with Crippen molar-refractivity contribution in [1.29, 1.82) is 0 Å². The minimum Gasteiger partial charge on any atom is -0.462 e. The third-order valence-corrected chi connectivity index (χ3v) is 4.93. The number of ether oxygens (including phenoxy) is 2. The Morgan fingerprint density at radius 1 is 1.11 bits per heavy atom. The predicted molar refractivity (Wildman–Crippen MR) is 136 cm³/mol. The van der Waals surface area contributed by atoms with Gasteiger partial charge in [-0.2, -0.15) is 0 Å². The first kappa shape index (κ1) is 26.9. The number of alkyl carbamates (subject to hydrolysis) is 1. The molecule has 36 heavy (non-hydrogen) atoms. The predicted octanol–water partition coefficient (Wildman–Crippen LogP) is 5.48. The molecule has 0 saturated carbocycles. The van der Waals surface area contributed by atoms with Gasteiger partial charge in [0.05, 0.1) is 41.2 Å². The summed E-state index contributed by atoms with van der Waals surface area (Å²) in [6.07, 6.45) is -0.649. The van der Waals surface area contributed by atoms with Crippen LogP contribution in [0.5, 0.6) is 0 Å². The molecule has 0 aliphatic rings. The minimum atomic E-state index is -0.684. The summed E-state index contributed by atoms with van der Waals surface area (Å²) in [7, 11) is 0. The van der Waals surface area contributed by atoms with E-state index in [1.54, 1.807) is 33.8 Å². The number of aromatic nitrogens is 3. The number of hydrogen-bond acceptors (Lipinski definition) is 7. The third kappa shape index (κ3) is 6.50. The number of benzene rings is 1. The number of hydrogen-bond donors (Lipinski definition) is 3. The summed E-state index contributed by atoms with van der Waals surface area (Å²) >= 11 is 0. The molecule has 0 saturated heterocycles. The van der Waals surface area contributed by atoms with Crippen molar-refractivity contribution < 1.29 is 23.5 Å². The van der Waals surface area contributed by atoms with Crippen LogP contribution in [0.25, 0.3) is 22.3 Å². The van der Waals surface area contributed by atoms with Crippen molar-refractivity contribution in [2.45, 2.75) is 73.1 Å². The highest BCUT2D eigenvalue weighted by atomic mass is 19.1. The van der Waals surface area contributed by atoms with Crippen LogP contribution in [0, 0.1) is 12.7 Å². The zero-order chi connectivity index (χ0) is 26.8. The van der Waals surface area contributed by atoms with Crippen LogP contribution in [0.4, 0.5) is 15.0 Å². The SMILES string of the molecule is CCOC(=O)c1cc(-c2c(F)ccc3nc(C)c(NC(C)(C)C)nc23)[nH]c1CNC(=O)OC(C)(C)C. The fourth-order valence-corrected chi connectivity index (χ4v) is 3.55.